The highest BCUT2D eigenvalue weighted by atomic mass is 79.9. The predicted molar refractivity (Wildman–Crippen MR) is 80.9 cm³/mol. The molecule has 0 radical (unpaired) electrons. The van der Waals surface area contributed by atoms with E-state index in [1.165, 1.54) is 23.5 Å². The van der Waals surface area contributed by atoms with Crippen LogP contribution in [0.2, 0.25) is 0 Å². The number of carbonyl (C=O) groups excluding carboxylic acids is 1. The first-order valence-electron chi connectivity index (χ1n) is 5.99. The molecule has 1 aromatic carbocycles. The molecule has 3 nitrogen and oxygen atoms in total. The lowest BCUT2D eigenvalue weighted by atomic mass is 10.2. The van der Waals surface area contributed by atoms with Crippen LogP contribution < -0.4 is 4.74 Å². The fraction of sp³-hybridized carbons (Fsp3) is 0.214. The standard InChI is InChI=1S/C14H12BrF2NO2S/c1-18(13(19)10-6-12(15)21-8-10)7-9-2-4-11(5-3-9)20-14(16)17/h2-6,8,14H,7H2,1H3. The summed E-state index contributed by atoms with van der Waals surface area (Å²) < 4.78 is 29.3. The second kappa shape index (κ2) is 7.00. The van der Waals surface area contributed by atoms with E-state index < -0.39 is 6.61 Å². The summed E-state index contributed by atoms with van der Waals surface area (Å²) in [5.74, 6) is 0.00866. The molecule has 0 saturated carbocycles. The van der Waals surface area contributed by atoms with Gasteiger partial charge in [0.25, 0.3) is 5.91 Å². The van der Waals surface area contributed by atoms with Gasteiger partial charge in [0.2, 0.25) is 0 Å². The number of carbonyl (C=O) groups is 1. The van der Waals surface area contributed by atoms with Gasteiger partial charge in [-0.05, 0) is 39.7 Å². The van der Waals surface area contributed by atoms with E-state index in [4.69, 9.17) is 0 Å². The number of alkyl halides is 2. The van der Waals surface area contributed by atoms with Crippen molar-refractivity contribution in [2.24, 2.45) is 0 Å². The SMILES string of the molecule is CN(Cc1ccc(OC(F)F)cc1)C(=O)c1csc(Br)c1. The summed E-state index contributed by atoms with van der Waals surface area (Å²) in [5, 5.41) is 1.78. The second-order valence-electron chi connectivity index (χ2n) is 4.32. The molecule has 21 heavy (non-hydrogen) atoms. The number of hydrogen-bond donors (Lipinski definition) is 0. The summed E-state index contributed by atoms with van der Waals surface area (Å²) >= 11 is 4.76. The topological polar surface area (TPSA) is 29.5 Å². The molecule has 0 saturated heterocycles. The van der Waals surface area contributed by atoms with Crippen molar-refractivity contribution in [1.29, 1.82) is 0 Å². The van der Waals surface area contributed by atoms with Crippen LogP contribution in [0, 0.1) is 0 Å². The lowest BCUT2D eigenvalue weighted by Crippen LogP contribution is -2.25. The molecule has 0 fully saturated rings. The molecule has 0 aliphatic rings. The maximum absolute atomic E-state index is 12.2. The molecule has 0 unspecified atom stereocenters. The first-order chi connectivity index (χ1) is 9.95. The number of thiophene rings is 1. The number of hydrogen-bond acceptors (Lipinski definition) is 3. The summed E-state index contributed by atoms with van der Waals surface area (Å²) in [6.07, 6.45) is 0. The van der Waals surface area contributed by atoms with Gasteiger partial charge in [0.1, 0.15) is 5.75 Å². The Kier molecular flexibility index (Phi) is 5.30. The zero-order valence-electron chi connectivity index (χ0n) is 11.1. The third kappa shape index (κ3) is 4.50. The largest absolute Gasteiger partial charge is 0.435 e. The number of rotatable bonds is 5. The highest BCUT2D eigenvalue weighted by Crippen LogP contribution is 2.22. The van der Waals surface area contributed by atoms with Gasteiger partial charge in [-0.3, -0.25) is 4.79 Å². The highest BCUT2D eigenvalue weighted by Gasteiger charge is 2.13. The molecular formula is C14H12BrF2NO2S. The normalized spacial score (nSPS) is 10.7. The average molecular weight is 376 g/mol. The van der Waals surface area contributed by atoms with E-state index in [1.54, 1.807) is 35.5 Å². The van der Waals surface area contributed by atoms with Crippen LogP contribution in [0.3, 0.4) is 0 Å². The Morgan fingerprint density at radius 3 is 2.57 bits per heavy atom. The number of benzene rings is 1. The third-order valence-corrected chi connectivity index (χ3v) is 4.23. The van der Waals surface area contributed by atoms with E-state index in [0.29, 0.717) is 12.1 Å². The van der Waals surface area contributed by atoms with Crippen LogP contribution in [0.4, 0.5) is 8.78 Å². The quantitative estimate of drug-likeness (QED) is 0.775. The molecule has 1 amide bonds. The van der Waals surface area contributed by atoms with Gasteiger partial charge in [0, 0.05) is 19.0 Å². The summed E-state index contributed by atoms with van der Waals surface area (Å²) in [7, 11) is 1.69. The van der Waals surface area contributed by atoms with Crippen LogP contribution in [0.25, 0.3) is 0 Å². The van der Waals surface area contributed by atoms with Gasteiger partial charge >= 0.3 is 6.61 Å². The van der Waals surface area contributed by atoms with E-state index in [0.717, 1.165) is 9.35 Å². The van der Waals surface area contributed by atoms with Gasteiger partial charge in [-0.25, -0.2) is 0 Å². The fourth-order valence-electron chi connectivity index (χ4n) is 1.76. The number of halogens is 3. The third-order valence-electron chi connectivity index (χ3n) is 2.73. The highest BCUT2D eigenvalue weighted by molar-refractivity contribution is 9.11. The van der Waals surface area contributed by atoms with Crippen molar-refractivity contribution in [2.45, 2.75) is 13.2 Å². The van der Waals surface area contributed by atoms with Crippen molar-refractivity contribution in [3.05, 3.63) is 50.6 Å². The first kappa shape index (κ1) is 15.9. The van der Waals surface area contributed by atoms with Crippen LogP contribution in [0.1, 0.15) is 15.9 Å². The molecule has 1 heterocycles. The lowest BCUT2D eigenvalue weighted by Gasteiger charge is -2.16. The maximum atomic E-state index is 12.2. The molecule has 1 aromatic heterocycles. The molecule has 0 atom stereocenters. The van der Waals surface area contributed by atoms with Crippen LogP contribution in [-0.2, 0) is 6.54 Å². The maximum Gasteiger partial charge on any atom is 0.387 e. The number of ether oxygens (including phenoxy) is 1. The van der Waals surface area contributed by atoms with Crippen molar-refractivity contribution >= 4 is 33.2 Å². The zero-order valence-corrected chi connectivity index (χ0v) is 13.5. The predicted octanol–water partition coefficient (Wildman–Crippen LogP) is 4.38. The van der Waals surface area contributed by atoms with Gasteiger partial charge in [-0.15, -0.1) is 11.3 Å². The summed E-state index contributed by atoms with van der Waals surface area (Å²) in [4.78, 5) is 13.7. The van der Waals surface area contributed by atoms with E-state index in [9.17, 15) is 13.6 Å². The molecule has 7 heteroatoms. The molecule has 2 aromatic rings. The smallest absolute Gasteiger partial charge is 0.387 e. The van der Waals surface area contributed by atoms with E-state index >= 15 is 0 Å². The first-order valence-corrected chi connectivity index (χ1v) is 7.66. The fourth-order valence-corrected chi connectivity index (χ4v) is 2.89. The van der Waals surface area contributed by atoms with E-state index in [1.807, 2.05) is 0 Å². The monoisotopic (exact) mass is 375 g/mol. The van der Waals surface area contributed by atoms with Gasteiger partial charge in [-0.1, -0.05) is 12.1 Å². The Bertz CT molecular complexity index is 616. The Hall–Kier alpha value is -1.47. The molecule has 0 aliphatic carbocycles. The van der Waals surface area contributed by atoms with Crippen molar-refractivity contribution in [3.63, 3.8) is 0 Å². The number of nitrogens with zero attached hydrogens (tertiary/aromatic N) is 1. The second-order valence-corrected chi connectivity index (χ2v) is 6.61. The molecule has 0 spiro atoms. The minimum atomic E-state index is -2.84. The Morgan fingerprint density at radius 2 is 2.05 bits per heavy atom. The minimum absolute atomic E-state index is 0.0927. The van der Waals surface area contributed by atoms with Crippen LogP contribution in [-0.4, -0.2) is 24.5 Å². The van der Waals surface area contributed by atoms with Crippen LogP contribution in [0.15, 0.2) is 39.5 Å². The van der Waals surface area contributed by atoms with Crippen molar-refractivity contribution in [3.8, 4) is 5.75 Å². The van der Waals surface area contributed by atoms with Crippen LogP contribution in [0.5, 0.6) is 5.75 Å². The average Bonchev–Trinajstić information content (AvgIpc) is 2.86. The van der Waals surface area contributed by atoms with E-state index in [-0.39, 0.29) is 11.7 Å². The molecular weight excluding hydrogens is 364 g/mol. The lowest BCUT2D eigenvalue weighted by molar-refractivity contribution is -0.0498. The van der Waals surface area contributed by atoms with Gasteiger partial charge in [-0.2, -0.15) is 8.78 Å². The van der Waals surface area contributed by atoms with Crippen molar-refractivity contribution in [2.75, 3.05) is 7.05 Å². The Balaban J connectivity index is 1.99. The Labute approximate surface area is 133 Å². The Morgan fingerprint density at radius 1 is 1.38 bits per heavy atom. The molecule has 112 valence electrons. The molecule has 2 rings (SSSR count). The van der Waals surface area contributed by atoms with Crippen molar-refractivity contribution in [1.82, 2.24) is 4.90 Å². The van der Waals surface area contributed by atoms with E-state index in [2.05, 4.69) is 20.7 Å². The number of amides is 1. The van der Waals surface area contributed by atoms with Crippen molar-refractivity contribution < 1.29 is 18.3 Å². The molecule has 0 N–H and O–H groups in total. The van der Waals surface area contributed by atoms with Gasteiger partial charge in [0.05, 0.1) is 9.35 Å². The van der Waals surface area contributed by atoms with Gasteiger partial charge < -0.3 is 9.64 Å². The summed E-state index contributed by atoms with van der Waals surface area (Å²) in [6.45, 7) is -2.45. The molecule has 0 aliphatic heterocycles. The van der Waals surface area contributed by atoms with Crippen LogP contribution >= 0.6 is 27.3 Å². The molecule has 0 bridgehead atoms. The summed E-state index contributed by atoms with van der Waals surface area (Å²) in [6, 6.07) is 8.00. The minimum Gasteiger partial charge on any atom is -0.435 e. The zero-order chi connectivity index (χ0) is 15.4. The van der Waals surface area contributed by atoms with Gasteiger partial charge in [0.15, 0.2) is 0 Å². The summed E-state index contributed by atoms with van der Waals surface area (Å²) in [5.41, 5.74) is 1.45.